The predicted octanol–water partition coefficient (Wildman–Crippen LogP) is 2.04. The third kappa shape index (κ3) is 3.37. The summed E-state index contributed by atoms with van der Waals surface area (Å²) >= 11 is 1.46. The molecular weight excluding hydrogens is 322 g/mol. The zero-order valence-corrected chi connectivity index (χ0v) is 15.5. The molecule has 0 radical (unpaired) electrons. The Balaban J connectivity index is 1.85. The van der Waals surface area contributed by atoms with Crippen LogP contribution in [0.5, 0.6) is 0 Å². The number of hydrogen-bond acceptors (Lipinski definition) is 5. The fraction of sp³-hybridized carbons (Fsp3) is 0.588. The zero-order chi connectivity index (χ0) is 17.3. The van der Waals surface area contributed by atoms with E-state index in [-0.39, 0.29) is 11.9 Å². The molecular formula is C17H25N5OS. The number of nitrogens with zero attached hydrogens (tertiary/aromatic N) is 5. The van der Waals surface area contributed by atoms with Gasteiger partial charge in [0.25, 0.3) is 5.91 Å². The summed E-state index contributed by atoms with van der Waals surface area (Å²) in [7, 11) is 4.08. The number of aromatic nitrogens is 3. The fourth-order valence-corrected chi connectivity index (χ4v) is 4.00. The molecule has 0 N–H and O–H groups in total. The van der Waals surface area contributed by atoms with Crippen LogP contribution in [0.15, 0.2) is 23.3 Å². The topological polar surface area (TPSA) is 54.3 Å². The number of rotatable bonds is 5. The normalized spacial score (nSPS) is 21.2. The fourth-order valence-electron chi connectivity index (χ4n) is 3.48. The van der Waals surface area contributed by atoms with E-state index in [1.807, 2.05) is 34.4 Å². The maximum atomic E-state index is 12.9. The number of thiazole rings is 1. The standard InChI is InChI=1S/C17H25N5OS/c1-12(2)21(4)15-5-6-22(17(23)14-10-24-11-18-14)16(15)7-13-8-19-20(3)9-13/h8-12,15-16H,5-7H2,1-4H3/t15-,16+/m1/s1. The number of amides is 1. The van der Waals surface area contributed by atoms with Crippen LogP contribution < -0.4 is 0 Å². The Labute approximate surface area is 147 Å². The van der Waals surface area contributed by atoms with Crippen molar-refractivity contribution in [2.45, 2.75) is 44.8 Å². The Hall–Kier alpha value is -1.73. The van der Waals surface area contributed by atoms with Crippen molar-refractivity contribution in [2.75, 3.05) is 13.6 Å². The smallest absolute Gasteiger partial charge is 0.273 e. The van der Waals surface area contributed by atoms with Crippen LogP contribution in [0.3, 0.4) is 0 Å². The molecule has 2 aromatic heterocycles. The molecule has 3 heterocycles. The van der Waals surface area contributed by atoms with Crippen LogP contribution in [-0.2, 0) is 13.5 Å². The van der Waals surface area contributed by atoms with Crippen LogP contribution in [0.1, 0.15) is 36.3 Å². The molecule has 3 rings (SSSR count). The van der Waals surface area contributed by atoms with Gasteiger partial charge in [0.2, 0.25) is 0 Å². The Morgan fingerprint density at radius 3 is 2.88 bits per heavy atom. The lowest BCUT2D eigenvalue weighted by Crippen LogP contribution is -2.48. The third-order valence-electron chi connectivity index (χ3n) is 4.96. The highest BCUT2D eigenvalue weighted by Crippen LogP contribution is 2.28. The first-order valence-corrected chi connectivity index (χ1v) is 9.30. The van der Waals surface area contributed by atoms with Crippen molar-refractivity contribution >= 4 is 17.2 Å². The molecule has 1 amide bonds. The molecule has 0 spiro atoms. The van der Waals surface area contributed by atoms with Crippen molar-refractivity contribution in [2.24, 2.45) is 7.05 Å². The minimum atomic E-state index is 0.0461. The van der Waals surface area contributed by atoms with Crippen molar-refractivity contribution in [3.8, 4) is 0 Å². The number of aryl methyl sites for hydroxylation is 1. The summed E-state index contributed by atoms with van der Waals surface area (Å²) in [5.41, 5.74) is 3.45. The quantitative estimate of drug-likeness (QED) is 0.831. The Morgan fingerprint density at radius 2 is 2.29 bits per heavy atom. The van der Waals surface area contributed by atoms with Crippen molar-refractivity contribution in [3.63, 3.8) is 0 Å². The van der Waals surface area contributed by atoms with Gasteiger partial charge in [-0.1, -0.05) is 0 Å². The molecule has 1 saturated heterocycles. The second-order valence-electron chi connectivity index (χ2n) is 6.78. The lowest BCUT2D eigenvalue weighted by molar-refractivity contribution is 0.0675. The largest absolute Gasteiger partial charge is 0.332 e. The summed E-state index contributed by atoms with van der Waals surface area (Å²) in [5, 5.41) is 6.11. The van der Waals surface area contributed by atoms with E-state index >= 15 is 0 Å². The van der Waals surface area contributed by atoms with Crippen LogP contribution in [-0.4, -0.2) is 62.2 Å². The van der Waals surface area contributed by atoms with Gasteiger partial charge in [-0.3, -0.25) is 14.4 Å². The SMILES string of the molecule is CC(C)N(C)[C@@H]1CCN(C(=O)c2cscn2)[C@H]1Cc1cnn(C)c1. The highest BCUT2D eigenvalue weighted by Gasteiger charge is 2.40. The molecule has 6 nitrogen and oxygen atoms in total. The lowest BCUT2D eigenvalue weighted by atomic mass is 10.00. The Morgan fingerprint density at radius 1 is 1.50 bits per heavy atom. The molecule has 0 unspecified atom stereocenters. The second-order valence-corrected chi connectivity index (χ2v) is 7.50. The summed E-state index contributed by atoms with van der Waals surface area (Å²) < 4.78 is 1.82. The Kier molecular flexibility index (Phi) is 5.01. The van der Waals surface area contributed by atoms with Gasteiger partial charge in [0.05, 0.1) is 17.7 Å². The maximum absolute atomic E-state index is 12.9. The van der Waals surface area contributed by atoms with E-state index in [0.29, 0.717) is 17.8 Å². The van der Waals surface area contributed by atoms with Crippen LogP contribution in [0.4, 0.5) is 0 Å². The van der Waals surface area contributed by atoms with Crippen LogP contribution in [0.25, 0.3) is 0 Å². The zero-order valence-electron chi connectivity index (χ0n) is 14.7. The van der Waals surface area contributed by atoms with E-state index in [9.17, 15) is 4.79 Å². The summed E-state index contributed by atoms with van der Waals surface area (Å²) in [5.74, 6) is 0.0461. The van der Waals surface area contributed by atoms with Gasteiger partial charge in [-0.25, -0.2) is 4.98 Å². The highest BCUT2D eigenvalue weighted by atomic mass is 32.1. The molecule has 1 aliphatic rings. The minimum Gasteiger partial charge on any atom is -0.332 e. The first-order valence-electron chi connectivity index (χ1n) is 8.36. The first kappa shape index (κ1) is 17.1. The average Bonchev–Trinajstić information content (AvgIpc) is 3.27. The third-order valence-corrected chi connectivity index (χ3v) is 5.55. The number of carbonyl (C=O) groups is 1. The van der Waals surface area contributed by atoms with Gasteiger partial charge >= 0.3 is 0 Å². The minimum absolute atomic E-state index is 0.0461. The molecule has 0 saturated carbocycles. The molecule has 2 atom stereocenters. The van der Waals surface area contributed by atoms with Crippen LogP contribution >= 0.6 is 11.3 Å². The lowest BCUT2D eigenvalue weighted by Gasteiger charge is -2.35. The number of hydrogen-bond donors (Lipinski definition) is 0. The first-order chi connectivity index (χ1) is 11.5. The summed E-state index contributed by atoms with van der Waals surface area (Å²) in [6.07, 6.45) is 5.76. The molecule has 7 heteroatoms. The van der Waals surface area contributed by atoms with Crippen LogP contribution in [0.2, 0.25) is 0 Å². The van der Waals surface area contributed by atoms with Gasteiger partial charge in [0.1, 0.15) is 5.69 Å². The molecule has 24 heavy (non-hydrogen) atoms. The monoisotopic (exact) mass is 347 g/mol. The van der Waals surface area contributed by atoms with E-state index < -0.39 is 0 Å². The van der Waals surface area contributed by atoms with Gasteiger partial charge < -0.3 is 4.90 Å². The molecule has 0 aliphatic carbocycles. The molecule has 1 aliphatic heterocycles. The number of likely N-dealkylation sites (N-methyl/N-ethyl adjacent to an activating group) is 1. The van der Waals surface area contributed by atoms with Gasteiger partial charge in [0, 0.05) is 37.3 Å². The maximum Gasteiger partial charge on any atom is 0.273 e. The summed E-state index contributed by atoms with van der Waals surface area (Å²) in [6, 6.07) is 0.948. The van der Waals surface area contributed by atoms with E-state index in [1.54, 1.807) is 5.51 Å². The van der Waals surface area contributed by atoms with E-state index in [0.717, 1.165) is 19.4 Å². The van der Waals surface area contributed by atoms with Gasteiger partial charge in [-0.05, 0) is 39.3 Å². The number of carbonyl (C=O) groups excluding carboxylic acids is 1. The van der Waals surface area contributed by atoms with Crippen LogP contribution in [0, 0.1) is 0 Å². The van der Waals surface area contributed by atoms with Crippen molar-refractivity contribution in [1.29, 1.82) is 0 Å². The number of likely N-dealkylation sites (tertiary alicyclic amines) is 1. The second kappa shape index (κ2) is 7.03. The van der Waals surface area contributed by atoms with Crippen molar-refractivity contribution in [3.05, 3.63) is 34.5 Å². The average molecular weight is 347 g/mol. The van der Waals surface area contributed by atoms with Crippen molar-refractivity contribution < 1.29 is 4.79 Å². The highest BCUT2D eigenvalue weighted by molar-refractivity contribution is 7.07. The molecule has 1 fully saturated rings. The summed E-state index contributed by atoms with van der Waals surface area (Å²) in [6.45, 7) is 5.18. The Bertz CT molecular complexity index is 681. The van der Waals surface area contributed by atoms with Crippen molar-refractivity contribution in [1.82, 2.24) is 24.6 Å². The van der Waals surface area contributed by atoms with E-state index in [2.05, 4.69) is 35.9 Å². The van der Waals surface area contributed by atoms with E-state index in [1.165, 1.54) is 16.9 Å². The van der Waals surface area contributed by atoms with E-state index in [4.69, 9.17) is 0 Å². The molecule has 0 aromatic carbocycles. The van der Waals surface area contributed by atoms with Gasteiger partial charge in [-0.2, -0.15) is 5.10 Å². The summed E-state index contributed by atoms with van der Waals surface area (Å²) in [4.78, 5) is 21.5. The van der Waals surface area contributed by atoms with Gasteiger partial charge in [0.15, 0.2) is 0 Å². The molecule has 0 bridgehead atoms. The van der Waals surface area contributed by atoms with Gasteiger partial charge in [-0.15, -0.1) is 11.3 Å². The molecule has 130 valence electrons. The molecule has 2 aromatic rings. The predicted molar refractivity (Wildman–Crippen MR) is 95.2 cm³/mol.